The molecule has 0 bridgehead atoms. The number of aliphatic hydroxyl groups is 1. The van der Waals surface area contributed by atoms with Crippen LogP contribution in [0, 0.1) is 5.92 Å². The molecule has 20 heavy (non-hydrogen) atoms. The van der Waals surface area contributed by atoms with Gasteiger partial charge in [-0.05, 0) is 38.1 Å². The van der Waals surface area contributed by atoms with Gasteiger partial charge in [-0.25, -0.2) is 0 Å². The molecule has 2 amide bonds. The van der Waals surface area contributed by atoms with Crippen molar-refractivity contribution in [3.63, 3.8) is 0 Å². The van der Waals surface area contributed by atoms with E-state index in [0.717, 1.165) is 38.8 Å². The fourth-order valence-electron chi connectivity index (χ4n) is 2.56. The summed E-state index contributed by atoms with van der Waals surface area (Å²) < 4.78 is 0. The number of aliphatic hydroxyl groups excluding tert-OH is 1. The first kappa shape index (κ1) is 15.3. The van der Waals surface area contributed by atoms with Crippen LogP contribution < -0.4 is 5.32 Å². The molecule has 2 rings (SSSR count). The summed E-state index contributed by atoms with van der Waals surface area (Å²) in [6.45, 7) is 2.31. The molecule has 0 aromatic heterocycles. The van der Waals surface area contributed by atoms with Gasteiger partial charge in [0.05, 0.1) is 13.1 Å². The van der Waals surface area contributed by atoms with E-state index in [1.807, 2.05) is 0 Å². The summed E-state index contributed by atoms with van der Waals surface area (Å²) in [5, 5.41) is 12.1. The molecule has 1 aliphatic carbocycles. The van der Waals surface area contributed by atoms with Crippen LogP contribution in [0.25, 0.3) is 0 Å². The lowest BCUT2D eigenvalue weighted by Crippen LogP contribution is -2.46. The summed E-state index contributed by atoms with van der Waals surface area (Å²) in [7, 11) is 1.67. The number of carbonyl (C=O) groups is 2. The average Bonchev–Trinajstić information content (AvgIpc) is 3.22. The third-order valence-electron chi connectivity index (χ3n) is 3.97. The van der Waals surface area contributed by atoms with Crippen molar-refractivity contribution in [3.8, 4) is 0 Å². The van der Waals surface area contributed by atoms with Gasteiger partial charge in [0.2, 0.25) is 11.8 Å². The number of amides is 2. The van der Waals surface area contributed by atoms with Crippen molar-refractivity contribution in [2.75, 3.05) is 39.8 Å². The fraction of sp³-hybridized carbons (Fsp3) is 0.857. The van der Waals surface area contributed by atoms with Crippen LogP contribution in [0.3, 0.4) is 0 Å². The number of rotatable bonds is 6. The molecular formula is C14H25N3O3. The van der Waals surface area contributed by atoms with Gasteiger partial charge in [0.1, 0.15) is 0 Å². The van der Waals surface area contributed by atoms with E-state index in [-0.39, 0.29) is 30.9 Å². The van der Waals surface area contributed by atoms with E-state index in [1.54, 1.807) is 7.05 Å². The third-order valence-corrected chi connectivity index (χ3v) is 3.97. The summed E-state index contributed by atoms with van der Waals surface area (Å²) in [4.78, 5) is 27.3. The summed E-state index contributed by atoms with van der Waals surface area (Å²) >= 11 is 0. The monoisotopic (exact) mass is 283 g/mol. The van der Waals surface area contributed by atoms with E-state index < -0.39 is 0 Å². The summed E-state index contributed by atoms with van der Waals surface area (Å²) in [6, 6.07) is 0.332. The van der Waals surface area contributed by atoms with Crippen LogP contribution in [0.1, 0.15) is 25.7 Å². The second-order valence-electron chi connectivity index (χ2n) is 6.02. The minimum atomic E-state index is -0.0739. The van der Waals surface area contributed by atoms with E-state index >= 15 is 0 Å². The Morgan fingerprint density at radius 1 is 1.35 bits per heavy atom. The molecule has 1 unspecified atom stereocenters. The van der Waals surface area contributed by atoms with Crippen LogP contribution in [0.5, 0.6) is 0 Å². The Balaban J connectivity index is 1.70. The lowest BCUT2D eigenvalue weighted by atomic mass is 9.99. The molecule has 0 spiro atoms. The van der Waals surface area contributed by atoms with Gasteiger partial charge in [-0.3, -0.25) is 14.5 Å². The minimum Gasteiger partial charge on any atom is -0.396 e. The van der Waals surface area contributed by atoms with E-state index in [9.17, 15) is 14.7 Å². The number of carbonyl (C=O) groups excluding carboxylic acids is 2. The molecule has 0 aromatic rings. The number of hydrogen-bond donors (Lipinski definition) is 2. The van der Waals surface area contributed by atoms with Gasteiger partial charge in [-0.15, -0.1) is 0 Å². The van der Waals surface area contributed by atoms with Crippen molar-refractivity contribution in [3.05, 3.63) is 0 Å². The molecule has 6 heteroatoms. The van der Waals surface area contributed by atoms with Crippen molar-refractivity contribution < 1.29 is 14.7 Å². The van der Waals surface area contributed by atoms with Crippen LogP contribution in [-0.2, 0) is 9.59 Å². The maximum absolute atomic E-state index is 12.1. The number of nitrogens with one attached hydrogen (secondary N) is 1. The molecule has 0 radical (unpaired) electrons. The minimum absolute atomic E-state index is 0.0328. The SMILES string of the molecule is CN(CC(=O)NC1CC1)C(=O)CN1CCCC(CO)C1. The smallest absolute Gasteiger partial charge is 0.239 e. The molecule has 1 saturated heterocycles. The highest BCUT2D eigenvalue weighted by Crippen LogP contribution is 2.18. The predicted molar refractivity (Wildman–Crippen MR) is 75.1 cm³/mol. The average molecular weight is 283 g/mol. The van der Waals surface area contributed by atoms with E-state index in [0.29, 0.717) is 12.6 Å². The van der Waals surface area contributed by atoms with Gasteiger partial charge >= 0.3 is 0 Å². The highest BCUT2D eigenvalue weighted by Gasteiger charge is 2.25. The molecule has 0 aromatic carbocycles. The Bertz CT molecular complexity index is 358. The molecule has 6 nitrogen and oxygen atoms in total. The first-order valence-electron chi connectivity index (χ1n) is 7.45. The van der Waals surface area contributed by atoms with Gasteiger partial charge in [0.15, 0.2) is 0 Å². The number of likely N-dealkylation sites (N-methyl/N-ethyl adjacent to an activating group) is 1. The standard InChI is InChI=1S/C14H25N3O3/c1-16(8-13(19)15-12-4-5-12)14(20)9-17-6-2-3-11(7-17)10-18/h11-12,18H,2-10H2,1H3,(H,15,19). The Morgan fingerprint density at radius 2 is 2.10 bits per heavy atom. The van der Waals surface area contributed by atoms with Crippen molar-refractivity contribution in [1.82, 2.24) is 15.1 Å². The Labute approximate surface area is 120 Å². The van der Waals surface area contributed by atoms with Crippen molar-refractivity contribution in [2.24, 2.45) is 5.92 Å². The Hall–Kier alpha value is -1.14. The number of piperidine rings is 1. The van der Waals surface area contributed by atoms with Gasteiger partial charge in [0, 0.05) is 26.2 Å². The number of hydrogen-bond acceptors (Lipinski definition) is 4. The first-order valence-corrected chi connectivity index (χ1v) is 7.45. The van der Waals surface area contributed by atoms with Crippen LogP contribution in [0.2, 0.25) is 0 Å². The maximum Gasteiger partial charge on any atom is 0.239 e. The molecule has 1 aliphatic heterocycles. The third kappa shape index (κ3) is 4.76. The highest BCUT2D eigenvalue weighted by atomic mass is 16.3. The highest BCUT2D eigenvalue weighted by molar-refractivity contribution is 5.85. The lowest BCUT2D eigenvalue weighted by Gasteiger charge is -2.32. The largest absolute Gasteiger partial charge is 0.396 e. The molecule has 1 atom stereocenters. The summed E-state index contributed by atoms with van der Waals surface area (Å²) in [5.41, 5.74) is 0. The summed E-state index contributed by atoms with van der Waals surface area (Å²) in [5.74, 6) is 0.171. The maximum atomic E-state index is 12.1. The van der Waals surface area contributed by atoms with Crippen molar-refractivity contribution in [2.45, 2.75) is 31.7 Å². The molecule has 1 heterocycles. The molecule has 114 valence electrons. The molecular weight excluding hydrogens is 258 g/mol. The zero-order valence-electron chi connectivity index (χ0n) is 12.2. The number of likely N-dealkylation sites (tertiary alicyclic amines) is 1. The van der Waals surface area contributed by atoms with E-state index in [2.05, 4.69) is 10.2 Å². The van der Waals surface area contributed by atoms with Crippen LogP contribution in [0.15, 0.2) is 0 Å². The Kier molecular flexibility index (Phi) is 5.37. The zero-order valence-corrected chi connectivity index (χ0v) is 12.2. The van der Waals surface area contributed by atoms with Crippen molar-refractivity contribution >= 4 is 11.8 Å². The zero-order chi connectivity index (χ0) is 14.5. The normalized spacial score (nSPS) is 23.4. The Morgan fingerprint density at radius 3 is 2.75 bits per heavy atom. The molecule has 1 saturated carbocycles. The second kappa shape index (κ2) is 7.04. The van der Waals surface area contributed by atoms with Gasteiger partial charge in [-0.2, -0.15) is 0 Å². The van der Waals surface area contributed by atoms with E-state index in [1.165, 1.54) is 4.90 Å². The summed E-state index contributed by atoms with van der Waals surface area (Å²) in [6.07, 6.45) is 4.16. The van der Waals surface area contributed by atoms with E-state index in [4.69, 9.17) is 0 Å². The quantitative estimate of drug-likeness (QED) is 0.684. The first-order chi connectivity index (χ1) is 9.58. The molecule has 2 aliphatic rings. The number of nitrogens with zero attached hydrogens (tertiary/aromatic N) is 2. The van der Waals surface area contributed by atoms with Gasteiger partial charge < -0.3 is 15.3 Å². The van der Waals surface area contributed by atoms with Crippen LogP contribution in [0.4, 0.5) is 0 Å². The predicted octanol–water partition coefficient (Wildman–Crippen LogP) is -0.572. The second-order valence-corrected chi connectivity index (χ2v) is 6.02. The fourth-order valence-corrected chi connectivity index (χ4v) is 2.56. The van der Waals surface area contributed by atoms with Crippen LogP contribution in [-0.4, -0.2) is 72.6 Å². The van der Waals surface area contributed by atoms with Gasteiger partial charge in [-0.1, -0.05) is 0 Å². The van der Waals surface area contributed by atoms with Crippen LogP contribution >= 0.6 is 0 Å². The topological polar surface area (TPSA) is 72.9 Å². The molecule has 2 fully saturated rings. The van der Waals surface area contributed by atoms with Crippen molar-refractivity contribution in [1.29, 1.82) is 0 Å². The lowest BCUT2D eigenvalue weighted by molar-refractivity contribution is -0.136. The molecule has 2 N–H and O–H groups in total. The van der Waals surface area contributed by atoms with Gasteiger partial charge in [0.25, 0.3) is 0 Å².